The van der Waals surface area contributed by atoms with Crippen LogP contribution in [-0.2, 0) is 23.1 Å². The monoisotopic (exact) mass is 185 g/mol. The minimum atomic E-state index is 0.666. The Labute approximate surface area is 78.7 Å². The van der Waals surface area contributed by atoms with Crippen molar-refractivity contribution >= 4 is 0 Å². The molecular weight excluding hydrogens is 168 g/mol. The predicted molar refractivity (Wildman–Crippen MR) is 48.3 cm³/mol. The van der Waals surface area contributed by atoms with E-state index in [4.69, 9.17) is 9.47 Å². The Morgan fingerprint density at radius 2 is 2.15 bits per heavy atom. The highest BCUT2D eigenvalue weighted by Crippen LogP contribution is 1.79. The number of ether oxygens (including phenoxy) is 2. The van der Waals surface area contributed by atoms with Gasteiger partial charge in [-0.15, -0.1) is 0 Å². The van der Waals surface area contributed by atoms with E-state index in [2.05, 4.69) is 4.57 Å². The van der Waals surface area contributed by atoms with Crippen molar-refractivity contribution in [2.75, 3.05) is 26.9 Å². The fourth-order valence-electron chi connectivity index (χ4n) is 1.05. The molecule has 0 N–H and O–H groups in total. The van der Waals surface area contributed by atoms with Crippen molar-refractivity contribution in [3.05, 3.63) is 18.7 Å². The maximum atomic E-state index is 5.33. The molecule has 74 valence electrons. The zero-order chi connectivity index (χ0) is 9.52. The zero-order valence-electron chi connectivity index (χ0n) is 8.27. The van der Waals surface area contributed by atoms with Crippen LogP contribution in [0.1, 0.15) is 0 Å². The molecule has 0 spiro atoms. The quantitative estimate of drug-likeness (QED) is 0.460. The molecule has 0 amide bonds. The fourth-order valence-corrected chi connectivity index (χ4v) is 1.05. The summed E-state index contributed by atoms with van der Waals surface area (Å²) in [6.07, 6.45) is 6.06. The first kappa shape index (κ1) is 10.2. The lowest BCUT2D eigenvalue weighted by atomic mass is 10.6. The number of nitrogens with zero attached hydrogens (tertiary/aromatic N) is 2. The molecule has 0 atom stereocenters. The van der Waals surface area contributed by atoms with Crippen molar-refractivity contribution in [2.45, 2.75) is 6.54 Å². The third-order valence-electron chi connectivity index (χ3n) is 1.75. The molecule has 13 heavy (non-hydrogen) atoms. The van der Waals surface area contributed by atoms with E-state index < -0.39 is 0 Å². The molecule has 1 rings (SSSR count). The van der Waals surface area contributed by atoms with E-state index in [0.29, 0.717) is 13.2 Å². The van der Waals surface area contributed by atoms with Crippen molar-refractivity contribution < 1.29 is 14.0 Å². The van der Waals surface area contributed by atoms with Gasteiger partial charge in [-0.25, -0.2) is 9.13 Å². The highest BCUT2D eigenvalue weighted by atomic mass is 16.5. The Kier molecular flexibility index (Phi) is 4.49. The fraction of sp³-hybridized carbons (Fsp3) is 0.667. The Morgan fingerprint density at radius 1 is 1.31 bits per heavy atom. The van der Waals surface area contributed by atoms with Gasteiger partial charge >= 0.3 is 0 Å². The molecular formula is C9H17N2O2+. The zero-order valence-corrected chi connectivity index (χ0v) is 8.27. The van der Waals surface area contributed by atoms with E-state index in [1.807, 2.05) is 30.3 Å². The molecule has 0 saturated heterocycles. The van der Waals surface area contributed by atoms with Gasteiger partial charge in [0.05, 0.1) is 26.9 Å². The van der Waals surface area contributed by atoms with Crippen LogP contribution in [0.2, 0.25) is 0 Å². The summed E-state index contributed by atoms with van der Waals surface area (Å²) in [4.78, 5) is 0. The highest BCUT2D eigenvalue weighted by molar-refractivity contribution is 4.61. The van der Waals surface area contributed by atoms with E-state index >= 15 is 0 Å². The summed E-state index contributed by atoms with van der Waals surface area (Å²) in [6, 6.07) is 0. The van der Waals surface area contributed by atoms with Crippen LogP contribution in [0.25, 0.3) is 0 Å². The molecule has 0 aliphatic heterocycles. The molecule has 0 unspecified atom stereocenters. The lowest BCUT2D eigenvalue weighted by molar-refractivity contribution is -0.697. The molecule has 0 aromatic carbocycles. The van der Waals surface area contributed by atoms with Crippen LogP contribution in [0.15, 0.2) is 18.7 Å². The summed E-state index contributed by atoms with van der Waals surface area (Å²) >= 11 is 0. The van der Waals surface area contributed by atoms with Crippen LogP contribution in [-0.4, -0.2) is 31.5 Å². The van der Waals surface area contributed by atoms with E-state index in [0.717, 1.165) is 13.2 Å². The van der Waals surface area contributed by atoms with Crippen molar-refractivity contribution in [1.82, 2.24) is 4.57 Å². The van der Waals surface area contributed by atoms with E-state index in [-0.39, 0.29) is 0 Å². The molecule has 1 heterocycles. The van der Waals surface area contributed by atoms with Gasteiger partial charge in [0.15, 0.2) is 0 Å². The SMILES string of the molecule is COCCOCC[n+]1ccn(C)c1. The van der Waals surface area contributed by atoms with E-state index in [1.54, 1.807) is 7.11 Å². The second kappa shape index (κ2) is 5.72. The molecule has 1 aromatic rings. The lowest BCUT2D eigenvalue weighted by Crippen LogP contribution is -2.33. The molecule has 4 heteroatoms. The number of imidazole rings is 1. The molecule has 0 saturated carbocycles. The molecule has 0 aliphatic rings. The van der Waals surface area contributed by atoms with Crippen LogP contribution in [0, 0.1) is 0 Å². The normalized spacial score (nSPS) is 10.6. The Hall–Kier alpha value is -0.870. The summed E-state index contributed by atoms with van der Waals surface area (Å²) in [6.45, 7) is 2.96. The van der Waals surface area contributed by atoms with Gasteiger partial charge in [0, 0.05) is 7.11 Å². The van der Waals surface area contributed by atoms with Crippen LogP contribution in [0.4, 0.5) is 0 Å². The van der Waals surface area contributed by atoms with Crippen LogP contribution in [0.3, 0.4) is 0 Å². The van der Waals surface area contributed by atoms with Crippen LogP contribution in [0.5, 0.6) is 0 Å². The Morgan fingerprint density at radius 3 is 2.77 bits per heavy atom. The maximum absolute atomic E-state index is 5.33. The van der Waals surface area contributed by atoms with Gasteiger partial charge in [0.2, 0.25) is 6.33 Å². The number of rotatable bonds is 6. The first-order valence-corrected chi connectivity index (χ1v) is 4.40. The highest BCUT2D eigenvalue weighted by Gasteiger charge is 1.98. The molecule has 0 bridgehead atoms. The lowest BCUT2D eigenvalue weighted by Gasteiger charge is -2.00. The van der Waals surface area contributed by atoms with Gasteiger partial charge in [-0.2, -0.15) is 0 Å². The Balaban J connectivity index is 2.06. The average molecular weight is 185 g/mol. The average Bonchev–Trinajstić information content (AvgIpc) is 2.51. The summed E-state index contributed by atoms with van der Waals surface area (Å²) in [5.41, 5.74) is 0. The van der Waals surface area contributed by atoms with Gasteiger partial charge in [0.25, 0.3) is 0 Å². The largest absolute Gasteiger partial charge is 0.382 e. The third-order valence-corrected chi connectivity index (χ3v) is 1.75. The first-order chi connectivity index (χ1) is 6.33. The van der Waals surface area contributed by atoms with Gasteiger partial charge in [-0.3, -0.25) is 0 Å². The topological polar surface area (TPSA) is 27.3 Å². The molecule has 4 nitrogen and oxygen atoms in total. The van der Waals surface area contributed by atoms with Crippen molar-refractivity contribution in [3.8, 4) is 0 Å². The summed E-state index contributed by atoms with van der Waals surface area (Å²) in [5.74, 6) is 0. The van der Waals surface area contributed by atoms with Crippen molar-refractivity contribution in [3.63, 3.8) is 0 Å². The maximum Gasteiger partial charge on any atom is 0.243 e. The van der Waals surface area contributed by atoms with Gasteiger partial charge in [-0.05, 0) is 0 Å². The number of aryl methyl sites for hydroxylation is 1. The summed E-state index contributed by atoms with van der Waals surface area (Å²) in [5, 5.41) is 0. The number of methoxy groups -OCH3 is 1. The number of aromatic nitrogens is 2. The smallest absolute Gasteiger partial charge is 0.243 e. The standard InChI is InChI=1S/C9H17N2O2/c1-10-3-4-11(9-10)5-6-13-8-7-12-2/h3-4,9H,5-8H2,1-2H3/q+1. The van der Waals surface area contributed by atoms with E-state index in [1.165, 1.54) is 0 Å². The van der Waals surface area contributed by atoms with Crippen molar-refractivity contribution in [2.24, 2.45) is 7.05 Å². The number of hydrogen-bond donors (Lipinski definition) is 0. The third kappa shape index (κ3) is 4.05. The van der Waals surface area contributed by atoms with Gasteiger partial charge in [-0.1, -0.05) is 0 Å². The summed E-state index contributed by atoms with van der Waals surface area (Å²) < 4.78 is 14.3. The minimum absolute atomic E-state index is 0.666. The Bertz CT molecular complexity index is 235. The second-order valence-electron chi connectivity index (χ2n) is 2.92. The first-order valence-electron chi connectivity index (χ1n) is 4.40. The molecule has 0 fully saturated rings. The van der Waals surface area contributed by atoms with Gasteiger partial charge in [0.1, 0.15) is 18.9 Å². The predicted octanol–water partition coefficient (Wildman–Crippen LogP) is -0.0244. The van der Waals surface area contributed by atoms with Crippen LogP contribution >= 0.6 is 0 Å². The van der Waals surface area contributed by atoms with Gasteiger partial charge < -0.3 is 9.47 Å². The molecule has 0 radical (unpaired) electrons. The molecule has 1 aromatic heterocycles. The minimum Gasteiger partial charge on any atom is -0.382 e. The summed E-state index contributed by atoms with van der Waals surface area (Å²) in [7, 11) is 3.68. The second-order valence-corrected chi connectivity index (χ2v) is 2.92. The van der Waals surface area contributed by atoms with Crippen molar-refractivity contribution in [1.29, 1.82) is 0 Å². The number of hydrogen-bond acceptors (Lipinski definition) is 2. The molecule has 0 aliphatic carbocycles. The van der Waals surface area contributed by atoms with E-state index in [9.17, 15) is 0 Å². The van der Waals surface area contributed by atoms with Crippen LogP contribution < -0.4 is 4.57 Å².